The Bertz CT molecular complexity index is 366. The molecule has 0 spiro atoms. The summed E-state index contributed by atoms with van der Waals surface area (Å²) in [6.45, 7) is 2.12. The number of halogens is 1. The molecule has 0 fully saturated rings. The van der Waals surface area contributed by atoms with Crippen LogP contribution in [0.4, 0.5) is 11.4 Å². The Morgan fingerprint density at radius 3 is 2.81 bits per heavy atom. The molecule has 1 amide bonds. The monoisotopic (exact) mass is 284 g/mol. The van der Waals surface area contributed by atoms with E-state index >= 15 is 0 Å². The van der Waals surface area contributed by atoms with Gasteiger partial charge in [-0.3, -0.25) is 4.79 Å². The van der Waals surface area contributed by atoms with Crippen LogP contribution in [0.2, 0.25) is 0 Å². The van der Waals surface area contributed by atoms with E-state index in [0.29, 0.717) is 12.1 Å². The molecular weight excluding hydrogens is 268 g/mol. The molecule has 1 aromatic rings. The van der Waals surface area contributed by atoms with Crippen molar-refractivity contribution in [2.24, 2.45) is 0 Å². The van der Waals surface area contributed by atoms with E-state index in [-0.39, 0.29) is 5.91 Å². The summed E-state index contributed by atoms with van der Waals surface area (Å²) in [7, 11) is 0. The fourth-order valence-electron chi connectivity index (χ4n) is 1.36. The predicted octanol–water partition coefficient (Wildman–Crippen LogP) is 3.55. The van der Waals surface area contributed by atoms with Gasteiger partial charge in [0, 0.05) is 22.3 Å². The Kier molecular flexibility index (Phi) is 5.32. The largest absolute Gasteiger partial charge is 0.398 e. The van der Waals surface area contributed by atoms with Crippen molar-refractivity contribution in [3.63, 3.8) is 0 Å². The Labute approximate surface area is 105 Å². The van der Waals surface area contributed by atoms with Crippen molar-refractivity contribution >= 4 is 33.2 Å². The molecule has 0 radical (unpaired) electrons. The molecule has 0 heterocycles. The second-order valence-corrected chi connectivity index (χ2v) is 4.60. The van der Waals surface area contributed by atoms with E-state index in [1.165, 1.54) is 0 Å². The molecule has 0 aromatic heterocycles. The molecule has 0 aliphatic carbocycles. The van der Waals surface area contributed by atoms with Gasteiger partial charge in [-0.05, 0) is 40.5 Å². The van der Waals surface area contributed by atoms with Gasteiger partial charge in [-0.1, -0.05) is 19.8 Å². The van der Waals surface area contributed by atoms with Crippen LogP contribution in [0.15, 0.2) is 22.7 Å². The van der Waals surface area contributed by atoms with Crippen molar-refractivity contribution in [2.45, 2.75) is 32.6 Å². The van der Waals surface area contributed by atoms with Crippen molar-refractivity contribution < 1.29 is 4.79 Å². The van der Waals surface area contributed by atoms with Gasteiger partial charge in [-0.25, -0.2) is 0 Å². The Balaban J connectivity index is 2.46. The van der Waals surface area contributed by atoms with Gasteiger partial charge in [0.2, 0.25) is 5.91 Å². The maximum Gasteiger partial charge on any atom is 0.224 e. The summed E-state index contributed by atoms with van der Waals surface area (Å²) < 4.78 is 0.804. The summed E-state index contributed by atoms with van der Waals surface area (Å²) in [6.07, 6.45) is 3.74. The molecule has 3 N–H and O–H groups in total. The molecule has 0 saturated carbocycles. The average molecular weight is 285 g/mol. The highest BCUT2D eigenvalue weighted by molar-refractivity contribution is 9.10. The second-order valence-electron chi connectivity index (χ2n) is 3.74. The van der Waals surface area contributed by atoms with E-state index in [1.807, 2.05) is 6.07 Å². The molecule has 0 atom stereocenters. The number of hydrogen-bond donors (Lipinski definition) is 2. The molecule has 4 heteroatoms. The molecule has 1 rings (SSSR count). The van der Waals surface area contributed by atoms with Crippen LogP contribution in [0.3, 0.4) is 0 Å². The fourth-order valence-corrected chi connectivity index (χ4v) is 1.74. The summed E-state index contributed by atoms with van der Waals surface area (Å²) in [4.78, 5) is 11.5. The number of amides is 1. The zero-order valence-electron chi connectivity index (χ0n) is 9.42. The number of rotatable bonds is 5. The molecule has 3 nitrogen and oxygen atoms in total. The highest BCUT2D eigenvalue weighted by atomic mass is 79.9. The zero-order valence-corrected chi connectivity index (χ0v) is 11.0. The quantitative estimate of drug-likeness (QED) is 0.642. The summed E-state index contributed by atoms with van der Waals surface area (Å²) in [5.74, 6) is 0.0603. The van der Waals surface area contributed by atoms with Crippen molar-refractivity contribution in [3.05, 3.63) is 22.7 Å². The Morgan fingerprint density at radius 2 is 2.19 bits per heavy atom. The van der Waals surface area contributed by atoms with Gasteiger partial charge < -0.3 is 11.1 Å². The van der Waals surface area contributed by atoms with Gasteiger partial charge >= 0.3 is 0 Å². The maximum atomic E-state index is 11.5. The van der Waals surface area contributed by atoms with E-state index in [1.54, 1.807) is 12.1 Å². The van der Waals surface area contributed by atoms with E-state index in [4.69, 9.17) is 5.73 Å². The third-order valence-electron chi connectivity index (χ3n) is 2.29. The first kappa shape index (κ1) is 13.0. The maximum absolute atomic E-state index is 11.5. The molecular formula is C12H17BrN2O. The van der Waals surface area contributed by atoms with Crippen molar-refractivity contribution in [2.75, 3.05) is 11.1 Å². The number of benzene rings is 1. The lowest BCUT2D eigenvalue weighted by Crippen LogP contribution is -2.11. The van der Waals surface area contributed by atoms with E-state index in [0.717, 1.165) is 29.4 Å². The van der Waals surface area contributed by atoms with Gasteiger partial charge in [-0.2, -0.15) is 0 Å². The van der Waals surface area contributed by atoms with Crippen LogP contribution < -0.4 is 11.1 Å². The summed E-state index contributed by atoms with van der Waals surface area (Å²) in [6, 6.07) is 5.39. The standard InChI is InChI=1S/C12H17BrN2O/c1-2-3-4-5-12(16)15-9-6-7-11(14)10(13)8-9/h6-8H,2-5,14H2,1H3,(H,15,16). The highest BCUT2D eigenvalue weighted by Gasteiger charge is 2.03. The van der Waals surface area contributed by atoms with Gasteiger partial charge in [0.05, 0.1) is 0 Å². The average Bonchev–Trinajstić information content (AvgIpc) is 2.24. The molecule has 0 unspecified atom stereocenters. The molecule has 0 aliphatic rings. The highest BCUT2D eigenvalue weighted by Crippen LogP contribution is 2.23. The normalized spacial score (nSPS) is 10.1. The smallest absolute Gasteiger partial charge is 0.224 e. The number of nitrogen functional groups attached to an aromatic ring is 1. The first-order valence-corrected chi connectivity index (χ1v) is 6.27. The van der Waals surface area contributed by atoms with Crippen LogP contribution in [0, 0.1) is 0 Å². The minimum Gasteiger partial charge on any atom is -0.398 e. The molecule has 0 bridgehead atoms. The lowest BCUT2D eigenvalue weighted by molar-refractivity contribution is -0.116. The first-order chi connectivity index (χ1) is 7.63. The Hall–Kier alpha value is -1.03. The van der Waals surface area contributed by atoms with Crippen LogP contribution in [0.1, 0.15) is 32.6 Å². The van der Waals surface area contributed by atoms with Gasteiger partial charge in [-0.15, -0.1) is 0 Å². The molecule has 0 saturated heterocycles. The van der Waals surface area contributed by atoms with Crippen molar-refractivity contribution in [3.8, 4) is 0 Å². The van der Waals surface area contributed by atoms with E-state index in [2.05, 4.69) is 28.2 Å². The van der Waals surface area contributed by atoms with Crippen LogP contribution in [-0.4, -0.2) is 5.91 Å². The minimum absolute atomic E-state index is 0.0603. The number of carbonyl (C=O) groups is 1. The van der Waals surface area contributed by atoms with Crippen LogP contribution in [0.5, 0.6) is 0 Å². The molecule has 88 valence electrons. The zero-order chi connectivity index (χ0) is 12.0. The number of unbranched alkanes of at least 4 members (excludes halogenated alkanes) is 2. The number of nitrogens with one attached hydrogen (secondary N) is 1. The third-order valence-corrected chi connectivity index (χ3v) is 2.98. The topological polar surface area (TPSA) is 55.1 Å². The van der Waals surface area contributed by atoms with E-state index < -0.39 is 0 Å². The number of carbonyl (C=O) groups excluding carboxylic acids is 1. The summed E-state index contributed by atoms with van der Waals surface area (Å²) in [5.41, 5.74) is 7.11. The minimum atomic E-state index is 0.0603. The van der Waals surface area contributed by atoms with Crippen LogP contribution in [-0.2, 0) is 4.79 Å². The molecule has 16 heavy (non-hydrogen) atoms. The predicted molar refractivity (Wildman–Crippen MR) is 71.3 cm³/mol. The van der Waals surface area contributed by atoms with Gasteiger partial charge in [0.15, 0.2) is 0 Å². The fraction of sp³-hybridized carbons (Fsp3) is 0.417. The first-order valence-electron chi connectivity index (χ1n) is 5.48. The molecule has 1 aromatic carbocycles. The third kappa shape index (κ3) is 4.23. The van der Waals surface area contributed by atoms with Crippen LogP contribution >= 0.6 is 15.9 Å². The number of hydrogen-bond acceptors (Lipinski definition) is 2. The van der Waals surface area contributed by atoms with Crippen molar-refractivity contribution in [1.29, 1.82) is 0 Å². The Morgan fingerprint density at radius 1 is 1.44 bits per heavy atom. The van der Waals surface area contributed by atoms with Gasteiger partial charge in [0.1, 0.15) is 0 Å². The number of nitrogens with two attached hydrogens (primary N) is 1. The summed E-state index contributed by atoms with van der Waals surface area (Å²) in [5, 5.41) is 2.84. The molecule has 0 aliphatic heterocycles. The van der Waals surface area contributed by atoms with Gasteiger partial charge in [0.25, 0.3) is 0 Å². The lowest BCUT2D eigenvalue weighted by Gasteiger charge is -2.06. The van der Waals surface area contributed by atoms with Crippen LogP contribution in [0.25, 0.3) is 0 Å². The second kappa shape index (κ2) is 6.53. The summed E-state index contributed by atoms with van der Waals surface area (Å²) >= 11 is 3.32. The lowest BCUT2D eigenvalue weighted by atomic mass is 10.2. The SMILES string of the molecule is CCCCCC(=O)Nc1ccc(N)c(Br)c1. The van der Waals surface area contributed by atoms with E-state index in [9.17, 15) is 4.79 Å². The number of anilines is 2. The van der Waals surface area contributed by atoms with Crippen molar-refractivity contribution in [1.82, 2.24) is 0 Å².